The Morgan fingerprint density at radius 2 is 1.11 bits per heavy atom. The standard InChI is InChI=1S/C36H53NO8/c1-3-4-5-6-7-8-9-18-35(38)44-28-27-43-26-25-42-24-23-41-22-21-40-20-19-37(2)36(39)45-29-34-32-16-12-10-14-30(32)31-15-11-13-17-33(31)34/h10-17,34H,3-9,18-29H2,1-2H3. The smallest absolute Gasteiger partial charge is 0.409 e. The number of hydrogen-bond donors (Lipinski definition) is 0. The molecule has 0 heterocycles. The highest BCUT2D eigenvalue weighted by Crippen LogP contribution is 2.44. The minimum Gasteiger partial charge on any atom is -0.463 e. The van der Waals surface area contributed by atoms with Crippen molar-refractivity contribution in [2.45, 2.75) is 64.2 Å². The number of carbonyl (C=O) groups excluding carboxylic acids is 2. The molecule has 0 spiro atoms. The van der Waals surface area contributed by atoms with Gasteiger partial charge in [0.25, 0.3) is 0 Å². The van der Waals surface area contributed by atoms with Crippen LogP contribution in [0.4, 0.5) is 4.79 Å². The van der Waals surface area contributed by atoms with E-state index in [0.29, 0.717) is 72.4 Å². The molecule has 45 heavy (non-hydrogen) atoms. The van der Waals surface area contributed by atoms with Crippen LogP contribution >= 0.6 is 0 Å². The quantitative estimate of drug-likeness (QED) is 0.0896. The Morgan fingerprint density at radius 1 is 0.622 bits per heavy atom. The summed E-state index contributed by atoms with van der Waals surface area (Å²) >= 11 is 0. The fourth-order valence-corrected chi connectivity index (χ4v) is 5.27. The van der Waals surface area contributed by atoms with Gasteiger partial charge in [-0.15, -0.1) is 0 Å². The lowest BCUT2D eigenvalue weighted by atomic mass is 9.98. The van der Waals surface area contributed by atoms with E-state index in [1.54, 1.807) is 7.05 Å². The number of esters is 1. The van der Waals surface area contributed by atoms with Crippen LogP contribution in [-0.2, 0) is 33.2 Å². The number of fused-ring (bicyclic) bond motifs is 3. The van der Waals surface area contributed by atoms with Crippen LogP contribution in [0.25, 0.3) is 11.1 Å². The molecule has 1 amide bonds. The molecule has 9 nitrogen and oxygen atoms in total. The number of likely N-dealkylation sites (N-methyl/N-ethyl adjacent to an activating group) is 1. The second-order valence-corrected chi connectivity index (χ2v) is 11.3. The van der Waals surface area contributed by atoms with Crippen LogP contribution in [0.1, 0.15) is 75.3 Å². The molecule has 9 heteroatoms. The molecular formula is C36H53NO8. The maximum Gasteiger partial charge on any atom is 0.409 e. The minimum atomic E-state index is -0.363. The van der Waals surface area contributed by atoms with Crippen LogP contribution < -0.4 is 0 Å². The summed E-state index contributed by atoms with van der Waals surface area (Å²) in [5.74, 6) is -0.104. The maximum atomic E-state index is 12.6. The second kappa shape index (κ2) is 22.5. The third kappa shape index (κ3) is 13.9. The molecule has 2 aromatic rings. The summed E-state index contributed by atoms with van der Waals surface area (Å²) in [4.78, 5) is 25.8. The van der Waals surface area contributed by atoms with Gasteiger partial charge in [0, 0.05) is 25.9 Å². The topological polar surface area (TPSA) is 92.8 Å². The number of nitrogens with zero attached hydrogens (tertiary/aromatic N) is 1. The van der Waals surface area contributed by atoms with Gasteiger partial charge in [-0.3, -0.25) is 4.79 Å². The molecule has 0 aliphatic heterocycles. The number of rotatable bonds is 25. The summed E-state index contributed by atoms with van der Waals surface area (Å²) in [6.45, 7) is 6.67. The highest BCUT2D eigenvalue weighted by atomic mass is 16.6. The van der Waals surface area contributed by atoms with Crippen molar-refractivity contribution in [1.82, 2.24) is 4.90 Å². The van der Waals surface area contributed by atoms with Crippen molar-refractivity contribution < 1.29 is 38.0 Å². The van der Waals surface area contributed by atoms with Crippen LogP contribution in [0, 0.1) is 0 Å². The summed E-state index contributed by atoms with van der Waals surface area (Å²) < 4.78 is 32.9. The average Bonchev–Trinajstić information content (AvgIpc) is 3.38. The lowest BCUT2D eigenvalue weighted by Gasteiger charge is -2.19. The second-order valence-electron chi connectivity index (χ2n) is 11.3. The molecule has 0 saturated carbocycles. The van der Waals surface area contributed by atoms with E-state index in [2.05, 4.69) is 31.2 Å². The summed E-state index contributed by atoms with van der Waals surface area (Å²) in [6.07, 6.45) is 8.40. The van der Waals surface area contributed by atoms with Crippen LogP contribution in [0.5, 0.6) is 0 Å². The zero-order chi connectivity index (χ0) is 32.0. The highest BCUT2D eigenvalue weighted by molar-refractivity contribution is 5.79. The monoisotopic (exact) mass is 627 g/mol. The number of benzene rings is 2. The number of unbranched alkanes of at least 4 members (excludes halogenated alkanes) is 6. The molecule has 0 atom stereocenters. The Morgan fingerprint density at radius 3 is 1.69 bits per heavy atom. The van der Waals surface area contributed by atoms with Gasteiger partial charge in [0.2, 0.25) is 0 Å². The van der Waals surface area contributed by atoms with E-state index in [0.717, 1.165) is 12.8 Å². The van der Waals surface area contributed by atoms with E-state index in [1.807, 2.05) is 24.3 Å². The summed E-state index contributed by atoms with van der Waals surface area (Å²) in [7, 11) is 1.71. The average molecular weight is 628 g/mol. The van der Waals surface area contributed by atoms with Gasteiger partial charge in [-0.2, -0.15) is 0 Å². The first kappa shape index (κ1) is 36.5. The fourth-order valence-electron chi connectivity index (χ4n) is 5.27. The number of carbonyl (C=O) groups is 2. The Balaban J connectivity index is 1.08. The van der Waals surface area contributed by atoms with Gasteiger partial charge in [0.15, 0.2) is 0 Å². The van der Waals surface area contributed by atoms with Crippen molar-refractivity contribution in [2.24, 2.45) is 0 Å². The largest absolute Gasteiger partial charge is 0.463 e. The van der Waals surface area contributed by atoms with Gasteiger partial charge in [0.1, 0.15) is 13.2 Å². The first-order valence-electron chi connectivity index (χ1n) is 16.6. The van der Waals surface area contributed by atoms with Crippen LogP contribution in [0.15, 0.2) is 48.5 Å². The zero-order valence-corrected chi connectivity index (χ0v) is 27.3. The summed E-state index contributed by atoms with van der Waals surface area (Å²) in [5.41, 5.74) is 4.80. The molecule has 0 unspecified atom stereocenters. The molecule has 1 aliphatic rings. The minimum absolute atomic E-state index is 0.0421. The van der Waals surface area contributed by atoms with Crippen molar-refractivity contribution >= 4 is 12.1 Å². The molecule has 1 aliphatic carbocycles. The molecule has 0 aromatic heterocycles. The molecule has 3 rings (SSSR count). The normalized spacial score (nSPS) is 12.1. The summed E-state index contributed by atoms with van der Waals surface area (Å²) in [5, 5.41) is 0. The van der Waals surface area contributed by atoms with E-state index in [4.69, 9.17) is 28.4 Å². The van der Waals surface area contributed by atoms with Gasteiger partial charge in [-0.05, 0) is 28.7 Å². The number of hydrogen-bond acceptors (Lipinski definition) is 8. The molecule has 2 aromatic carbocycles. The lowest BCUT2D eigenvalue weighted by molar-refractivity contribution is -0.145. The predicted octanol–water partition coefficient (Wildman–Crippen LogP) is 6.62. The summed E-state index contributed by atoms with van der Waals surface area (Å²) in [6, 6.07) is 16.6. The number of ether oxygens (including phenoxy) is 6. The highest BCUT2D eigenvalue weighted by Gasteiger charge is 2.29. The molecule has 0 fully saturated rings. The van der Waals surface area contributed by atoms with Gasteiger partial charge in [-0.25, -0.2) is 4.79 Å². The molecule has 0 bridgehead atoms. The molecule has 250 valence electrons. The van der Waals surface area contributed by atoms with Crippen molar-refractivity contribution in [1.29, 1.82) is 0 Å². The van der Waals surface area contributed by atoms with E-state index < -0.39 is 0 Å². The van der Waals surface area contributed by atoms with Crippen LogP contribution in [0.3, 0.4) is 0 Å². The van der Waals surface area contributed by atoms with Crippen molar-refractivity contribution in [3.8, 4) is 11.1 Å². The predicted molar refractivity (Wildman–Crippen MR) is 175 cm³/mol. The third-order valence-corrected chi connectivity index (χ3v) is 7.81. The van der Waals surface area contributed by atoms with Gasteiger partial charge >= 0.3 is 12.1 Å². The Bertz CT molecular complexity index is 1060. The molecule has 0 radical (unpaired) electrons. The molecule has 0 saturated heterocycles. The van der Waals surface area contributed by atoms with Crippen LogP contribution in [-0.4, -0.2) is 96.6 Å². The van der Waals surface area contributed by atoms with Gasteiger partial charge in [-0.1, -0.05) is 94.0 Å². The third-order valence-electron chi connectivity index (χ3n) is 7.81. The Labute approximate surface area is 269 Å². The van der Waals surface area contributed by atoms with E-state index in [1.165, 1.54) is 59.3 Å². The molecule has 0 N–H and O–H groups in total. The van der Waals surface area contributed by atoms with E-state index >= 15 is 0 Å². The van der Waals surface area contributed by atoms with Gasteiger partial charge < -0.3 is 33.3 Å². The Kier molecular flexibility index (Phi) is 18.3. The molecular weight excluding hydrogens is 574 g/mol. The fraction of sp³-hybridized carbons (Fsp3) is 0.611. The first-order valence-corrected chi connectivity index (χ1v) is 16.6. The lowest BCUT2D eigenvalue weighted by Crippen LogP contribution is -2.32. The maximum absolute atomic E-state index is 12.6. The van der Waals surface area contributed by atoms with Crippen molar-refractivity contribution in [2.75, 3.05) is 79.7 Å². The van der Waals surface area contributed by atoms with Gasteiger partial charge in [0.05, 0.1) is 52.9 Å². The Hall–Kier alpha value is -2.98. The number of amides is 1. The van der Waals surface area contributed by atoms with E-state index in [-0.39, 0.29) is 24.6 Å². The first-order chi connectivity index (χ1) is 22.1. The zero-order valence-electron chi connectivity index (χ0n) is 27.3. The SMILES string of the molecule is CCCCCCCCCC(=O)OCCOCCOCCOCCOCCN(C)C(=O)OCC1c2ccccc2-c2ccccc21. The van der Waals surface area contributed by atoms with E-state index in [9.17, 15) is 9.59 Å². The van der Waals surface area contributed by atoms with Crippen LogP contribution in [0.2, 0.25) is 0 Å². The van der Waals surface area contributed by atoms with Crippen molar-refractivity contribution in [3.63, 3.8) is 0 Å². The van der Waals surface area contributed by atoms with Crippen molar-refractivity contribution in [3.05, 3.63) is 59.7 Å².